The average Bonchev–Trinajstić information content (AvgIpc) is 3.16. The van der Waals surface area contributed by atoms with Crippen LogP contribution in [0.1, 0.15) is 47.4 Å². The number of imidazole rings is 1. The number of aromatic nitrogens is 3. The summed E-state index contributed by atoms with van der Waals surface area (Å²) in [4.78, 5) is 33.6. The van der Waals surface area contributed by atoms with E-state index in [1.807, 2.05) is 0 Å². The minimum atomic E-state index is -4.81. The van der Waals surface area contributed by atoms with Gasteiger partial charge in [-0.3, -0.25) is 13.9 Å². The number of fused-ring (bicyclic) bond motifs is 1. The van der Waals surface area contributed by atoms with Crippen molar-refractivity contribution in [3.05, 3.63) is 79.5 Å². The van der Waals surface area contributed by atoms with Crippen LogP contribution in [0.15, 0.2) is 46.0 Å². The molecule has 1 fully saturated rings. The van der Waals surface area contributed by atoms with Crippen LogP contribution in [-0.2, 0) is 12.7 Å². The zero-order chi connectivity index (χ0) is 27.9. The van der Waals surface area contributed by atoms with E-state index in [4.69, 9.17) is 23.2 Å². The van der Waals surface area contributed by atoms with Crippen molar-refractivity contribution in [2.75, 3.05) is 0 Å². The highest BCUT2D eigenvalue weighted by Gasteiger charge is 2.38. The third kappa shape index (κ3) is 5.44. The van der Waals surface area contributed by atoms with Crippen molar-refractivity contribution >= 4 is 46.9 Å². The van der Waals surface area contributed by atoms with E-state index in [2.05, 4.69) is 26.9 Å². The quantitative estimate of drug-likeness (QED) is 0.233. The number of benzene rings is 1. The Balaban J connectivity index is 1.31. The first-order valence-electron chi connectivity index (χ1n) is 11.9. The molecule has 1 aliphatic carbocycles. The van der Waals surface area contributed by atoms with Gasteiger partial charge in [0, 0.05) is 30.7 Å². The van der Waals surface area contributed by atoms with E-state index in [-0.39, 0.29) is 34.2 Å². The largest absolute Gasteiger partial charge is 0.434 e. The summed E-state index contributed by atoms with van der Waals surface area (Å²) in [5.74, 6) is 1.49. The van der Waals surface area contributed by atoms with Crippen molar-refractivity contribution in [3.63, 3.8) is 0 Å². The number of hydrogen-bond donors (Lipinski definition) is 1. The zero-order valence-electron chi connectivity index (χ0n) is 20.0. The van der Waals surface area contributed by atoms with E-state index >= 15 is 0 Å². The van der Waals surface area contributed by atoms with Crippen LogP contribution in [0.25, 0.3) is 11.8 Å². The number of carbonyl (C=O) groups excluding carboxylic acids is 1. The van der Waals surface area contributed by atoms with Gasteiger partial charge in [-0.15, -0.1) is 0 Å². The molecule has 3 heterocycles. The van der Waals surface area contributed by atoms with Gasteiger partial charge in [0.15, 0.2) is 11.5 Å². The third-order valence-corrected chi connectivity index (χ3v) is 7.25. The van der Waals surface area contributed by atoms with Gasteiger partial charge < -0.3 is 5.32 Å². The van der Waals surface area contributed by atoms with Gasteiger partial charge in [0.1, 0.15) is 11.5 Å². The number of rotatable bonds is 5. The number of pyridine rings is 1. The summed E-state index contributed by atoms with van der Waals surface area (Å²) in [5, 5.41) is 2.76. The highest BCUT2D eigenvalue weighted by molar-refractivity contribution is 6.32. The fourth-order valence-electron chi connectivity index (χ4n) is 4.89. The van der Waals surface area contributed by atoms with Crippen LogP contribution in [-0.4, -0.2) is 31.9 Å². The van der Waals surface area contributed by atoms with E-state index in [0.29, 0.717) is 37.2 Å². The summed E-state index contributed by atoms with van der Waals surface area (Å²) in [6.07, 6.45) is -0.280. The Kier molecular flexibility index (Phi) is 7.27. The van der Waals surface area contributed by atoms with E-state index < -0.39 is 34.8 Å². The number of carbonyl (C=O) groups is 1. The second-order valence-corrected chi connectivity index (χ2v) is 10.1. The molecular formula is C26H19Cl2F4N5O2. The number of nitrogens with zero attached hydrogens (tertiary/aromatic N) is 4. The number of nitrogens with one attached hydrogen (secondary N) is 1. The molecule has 1 N–H and O–H groups in total. The summed E-state index contributed by atoms with van der Waals surface area (Å²) in [6.45, 7) is 0.289. The van der Waals surface area contributed by atoms with Gasteiger partial charge in [-0.05, 0) is 61.6 Å². The van der Waals surface area contributed by atoms with Gasteiger partial charge in [0.2, 0.25) is 0 Å². The van der Waals surface area contributed by atoms with Crippen LogP contribution in [0.3, 0.4) is 0 Å². The lowest BCUT2D eigenvalue weighted by molar-refractivity contribution is -0.141. The molecule has 1 aliphatic heterocycles. The molecule has 1 saturated carbocycles. The Bertz CT molecular complexity index is 1620. The molecule has 13 heteroatoms. The molecule has 0 spiro atoms. The molecule has 7 nitrogen and oxygen atoms in total. The Morgan fingerprint density at radius 3 is 2.62 bits per heavy atom. The van der Waals surface area contributed by atoms with Gasteiger partial charge in [-0.2, -0.15) is 18.2 Å². The molecule has 202 valence electrons. The Morgan fingerprint density at radius 1 is 1.15 bits per heavy atom. The topological polar surface area (TPSA) is 81.3 Å². The van der Waals surface area contributed by atoms with Gasteiger partial charge >= 0.3 is 11.9 Å². The van der Waals surface area contributed by atoms with E-state index in [9.17, 15) is 27.2 Å². The van der Waals surface area contributed by atoms with Crippen LogP contribution in [0.5, 0.6) is 0 Å². The average molecular weight is 580 g/mol. The maximum Gasteiger partial charge on any atom is 0.434 e. The molecule has 3 aromatic rings. The first-order chi connectivity index (χ1) is 18.5. The second kappa shape index (κ2) is 10.5. The third-order valence-electron chi connectivity index (χ3n) is 6.72. The lowest BCUT2D eigenvalue weighted by atomic mass is 9.85. The van der Waals surface area contributed by atoms with Crippen LogP contribution in [0.4, 0.5) is 23.4 Å². The molecule has 0 unspecified atom stereocenters. The van der Waals surface area contributed by atoms with Crippen LogP contribution in [0, 0.1) is 11.7 Å². The number of halogens is 6. The molecule has 2 aromatic heterocycles. The van der Waals surface area contributed by atoms with Gasteiger partial charge in [-0.1, -0.05) is 23.2 Å². The Labute approximate surface area is 229 Å². The first-order valence-corrected chi connectivity index (χ1v) is 12.7. The maximum absolute atomic E-state index is 14.0. The highest BCUT2D eigenvalue weighted by Crippen LogP contribution is 2.33. The maximum atomic E-state index is 14.0. The van der Waals surface area contributed by atoms with Gasteiger partial charge in [0.25, 0.3) is 5.91 Å². The van der Waals surface area contributed by atoms with Crippen LogP contribution in [0.2, 0.25) is 10.0 Å². The van der Waals surface area contributed by atoms with Crippen LogP contribution >= 0.6 is 23.2 Å². The molecular weight excluding hydrogens is 561 g/mol. The molecule has 0 radical (unpaired) electrons. The summed E-state index contributed by atoms with van der Waals surface area (Å²) < 4.78 is 56.7. The molecule has 39 heavy (non-hydrogen) atoms. The standard InChI is InChI=1S/C26H19Cl2F4N5O2/c27-15-10-18(22(34-12-15)26(30,31)32)24(38)35-17-6-3-14(4-7-17)13-36-23-20(2-1-9-33-23)37(25(36)39)21-11-16(29)5-8-19(21)28/h2,5,8,10-12,14,17H,3-4,6-7,13H2,(H,35,38)/t14-,17-. The van der Waals surface area contributed by atoms with E-state index in [1.54, 1.807) is 0 Å². The minimum absolute atomic E-state index is 0.0161. The lowest BCUT2D eigenvalue weighted by Gasteiger charge is -2.29. The number of alkyl halides is 3. The minimum Gasteiger partial charge on any atom is -0.349 e. The molecule has 0 atom stereocenters. The first kappa shape index (κ1) is 27.0. The number of amides is 1. The SMILES string of the molecule is O=C(N[C@H]1CC[C@H](Cn2c3c(n(-c4cc(F)ccc4Cl)c2=O)C=C=C=N3)CC1)c1cc(Cl)cnc1C(F)(F)F. The van der Waals surface area contributed by atoms with Crippen molar-refractivity contribution in [2.45, 2.75) is 44.4 Å². The highest BCUT2D eigenvalue weighted by atomic mass is 35.5. The monoisotopic (exact) mass is 579 g/mol. The van der Waals surface area contributed by atoms with Gasteiger partial charge in [-0.25, -0.2) is 14.2 Å². The predicted octanol–water partition coefficient (Wildman–Crippen LogP) is 5.97. The molecule has 5 rings (SSSR count). The summed E-state index contributed by atoms with van der Waals surface area (Å²) in [5.41, 5.74) is 0.886. The van der Waals surface area contributed by atoms with Crippen molar-refractivity contribution in [1.29, 1.82) is 0 Å². The fourth-order valence-corrected chi connectivity index (χ4v) is 5.25. The number of aliphatic imine (C=N–C) groups is 1. The second-order valence-electron chi connectivity index (χ2n) is 9.28. The van der Waals surface area contributed by atoms with Gasteiger partial charge in [0.05, 0.1) is 21.3 Å². The molecule has 1 amide bonds. The molecule has 1 aromatic carbocycles. The number of hydrogen-bond acceptors (Lipinski definition) is 4. The van der Waals surface area contributed by atoms with Crippen molar-refractivity contribution in [1.82, 2.24) is 19.4 Å². The van der Waals surface area contributed by atoms with Crippen molar-refractivity contribution < 1.29 is 22.4 Å². The van der Waals surface area contributed by atoms with E-state index in [0.717, 1.165) is 18.3 Å². The molecule has 0 saturated heterocycles. The lowest BCUT2D eigenvalue weighted by Crippen LogP contribution is -2.39. The Morgan fingerprint density at radius 2 is 1.90 bits per heavy atom. The Hall–Kier alpha value is -3.62. The molecule has 0 bridgehead atoms. The normalized spacial score (nSPS) is 18.3. The summed E-state index contributed by atoms with van der Waals surface area (Å²) >= 11 is 12.1. The smallest absolute Gasteiger partial charge is 0.349 e. The van der Waals surface area contributed by atoms with Crippen molar-refractivity contribution in [3.8, 4) is 5.69 Å². The van der Waals surface area contributed by atoms with Crippen molar-refractivity contribution in [2.24, 2.45) is 10.9 Å². The fraction of sp³-hybridized carbons (Fsp3) is 0.308. The zero-order valence-corrected chi connectivity index (χ0v) is 21.5. The molecule has 2 aliphatic rings. The predicted molar refractivity (Wildman–Crippen MR) is 138 cm³/mol. The van der Waals surface area contributed by atoms with E-state index in [1.165, 1.54) is 27.3 Å². The summed E-state index contributed by atoms with van der Waals surface area (Å²) in [7, 11) is 0. The summed E-state index contributed by atoms with van der Waals surface area (Å²) in [6, 6.07) is 4.31. The van der Waals surface area contributed by atoms with Crippen LogP contribution < -0.4 is 11.0 Å².